The Bertz CT molecular complexity index is 691. The summed E-state index contributed by atoms with van der Waals surface area (Å²) in [5, 5.41) is 1.07. The van der Waals surface area contributed by atoms with Gasteiger partial charge in [-0.2, -0.15) is 0 Å². The first-order chi connectivity index (χ1) is 8.79. The zero-order valence-electron chi connectivity index (χ0n) is 9.81. The Morgan fingerprint density at radius 3 is 2.72 bits per heavy atom. The fourth-order valence-corrected chi connectivity index (χ4v) is 2.48. The lowest BCUT2D eigenvalue weighted by Gasteiger charge is -2.04. The van der Waals surface area contributed by atoms with Crippen LogP contribution in [0.15, 0.2) is 35.2 Å². The van der Waals surface area contributed by atoms with Gasteiger partial charge < -0.3 is 4.98 Å². The largest absolute Gasteiger partial charge is 0.345 e. The molecule has 18 heavy (non-hydrogen) atoms. The van der Waals surface area contributed by atoms with Gasteiger partial charge in [0.25, 0.3) is 0 Å². The zero-order chi connectivity index (χ0) is 12.5. The number of rotatable bonds is 2. The average molecular weight is 303 g/mol. The van der Waals surface area contributed by atoms with Crippen molar-refractivity contribution in [2.24, 2.45) is 0 Å². The van der Waals surface area contributed by atoms with Crippen LogP contribution >= 0.6 is 15.9 Å². The Morgan fingerprint density at radius 2 is 2.00 bits per heavy atom. The van der Waals surface area contributed by atoms with E-state index in [1.165, 1.54) is 0 Å². The highest BCUT2D eigenvalue weighted by Crippen LogP contribution is 2.27. The van der Waals surface area contributed by atoms with Gasteiger partial charge in [-0.15, -0.1) is 0 Å². The summed E-state index contributed by atoms with van der Waals surface area (Å²) in [6, 6.07) is 3.83. The van der Waals surface area contributed by atoms with Crippen molar-refractivity contribution in [1.82, 2.24) is 19.9 Å². The maximum absolute atomic E-state index is 4.63. The van der Waals surface area contributed by atoms with Crippen LogP contribution < -0.4 is 0 Å². The number of halogens is 1. The summed E-state index contributed by atoms with van der Waals surface area (Å²) in [7, 11) is 0. The first-order valence-electron chi connectivity index (χ1n) is 5.73. The summed E-state index contributed by atoms with van der Waals surface area (Å²) in [5.41, 5.74) is 2.88. The maximum Gasteiger partial charge on any atom is 0.161 e. The van der Waals surface area contributed by atoms with Crippen molar-refractivity contribution in [3.05, 3.63) is 40.9 Å². The lowest BCUT2D eigenvalue weighted by Crippen LogP contribution is -1.96. The van der Waals surface area contributed by atoms with Crippen LogP contribution in [0.4, 0.5) is 0 Å². The molecule has 90 valence electrons. The number of aromatic amines is 1. The maximum atomic E-state index is 4.63. The fourth-order valence-electron chi connectivity index (χ4n) is 1.95. The van der Waals surface area contributed by atoms with Gasteiger partial charge in [0, 0.05) is 28.6 Å². The third-order valence-electron chi connectivity index (χ3n) is 2.83. The molecule has 0 saturated heterocycles. The van der Waals surface area contributed by atoms with E-state index >= 15 is 0 Å². The number of nitrogens with one attached hydrogen (secondary N) is 1. The Balaban J connectivity index is 2.27. The molecule has 0 aliphatic rings. The number of aromatic nitrogens is 4. The van der Waals surface area contributed by atoms with Gasteiger partial charge in [0.15, 0.2) is 5.82 Å². The molecule has 0 fully saturated rings. The Labute approximate surface area is 113 Å². The number of hydrogen-bond acceptors (Lipinski definition) is 3. The second-order valence-corrected chi connectivity index (χ2v) is 4.80. The van der Waals surface area contributed by atoms with Crippen molar-refractivity contribution >= 4 is 27.0 Å². The number of nitrogens with zero attached hydrogens (tertiary/aromatic N) is 3. The molecule has 0 bridgehead atoms. The Morgan fingerprint density at radius 1 is 1.22 bits per heavy atom. The van der Waals surface area contributed by atoms with E-state index in [2.05, 4.69) is 42.8 Å². The summed E-state index contributed by atoms with van der Waals surface area (Å²) in [6.07, 6.45) is 6.26. The minimum absolute atomic E-state index is 0.733. The van der Waals surface area contributed by atoms with E-state index in [0.29, 0.717) is 0 Å². The van der Waals surface area contributed by atoms with E-state index in [4.69, 9.17) is 0 Å². The summed E-state index contributed by atoms with van der Waals surface area (Å²) < 4.78 is 1.01. The second kappa shape index (κ2) is 4.49. The van der Waals surface area contributed by atoms with E-state index in [1.807, 2.05) is 18.3 Å². The van der Waals surface area contributed by atoms with Crippen molar-refractivity contribution in [2.45, 2.75) is 13.3 Å². The van der Waals surface area contributed by atoms with Gasteiger partial charge in [0.1, 0.15) is 5.65 Å². The van der Waals surface area contributed by atoms with Gasteiger partial charge in [-0.25, -0.2) is 9.97 Å². The summed E-state index contributed by atoms with van der Waals surface area (Å²) in [4.78, 5) is 16.4. The number of hydrogen-bond donors (Lipinski definition) is 1. The van der Waals surface area contributed by atoms with E-state index in [1.54, 1.807) is 12.4 Å². The quantitative estimate of drug-likeness (QED) is 0.790. The molecule has 3 aromatic heterocycles. The van der Waals surface area contributed by atoms with Gasteiger partial charge in [-0.3, -0.25) is 4.98 Å². The molecule has 0 unspecified atom stereocenters. The molecule has 3 aromatic rings. The van der Waals surface area contributed by atoms with Crippen LogP contribution in [0.1, 0.15) is 12.6 Å². The van der Waals surface area contributed by atoms with Crippen LogP contribution in [0.3, 0.4) is 0 Å². The molecule has 0 spiro atoms. The summed E-state index contributed by atoms with van der Waals surface area (Å²) in [6.45, 7) is 2.09. The number of H-pyrrole nitrogens is 1. The molecule has 0 saturated carbocycles. The number of fused-ring (bicyclic) bond motifs is 1. The first-order valence-corrected chi connectivity index (χ1v) is 6.52. The predicted octanol–water partition coefficient (Wildman–Crippen LogP) is 3.34. The van der Waals surface area contributed by atoms with Crippen molar-refractivity contribution in [3.8, 4) is 11.4 Å². The minimum atomic E-state index is 0.733. The van der Waals surface area contributed by atoms with Crippen LogP contribution in [0.5, 0.6) is 0 Å². The normalized spacial score (nSPS) is 11.0. The van der Waals surface area contributed by atoms with E-state index in [9.17, 15) is 0 Å². The highest BCUT2D eigenvalue weighted by atomic mass is 79.9. The van der Waals surface area contributed by atoms with Crippen molar-refractivity contribution in [3.63, 3.8) is 0 Å². The lowest BCUT2D eigenvalue weighted by atomic mass is 10.2. The molecule has 5 heteroatoms. The highest BCUT2D eigenvalue weighted by Gasteiger charge is 2.11. The molecule has 0 aromatic carbocycles. The topological polar surface area (TPSA) is 54.5 Å². The SMILES string of the molecule is CCc1nc(-c2ccncc2)nc2[nH]cc(Br)c12. The molecular formula is C13H11BrN4. The standard InChI is InChI=1S/C13H11BrN4/c1-2-10-11-9(14)7-16-13(11)18-12(17-10)8-3-5-15-6-4-8/h3-7H,2H2,1H3,(H,16,17,18). The molecule has 0 amide bonds. The zero-order valence-corrected chi connectivity index (χ0v) is 11.4. The molecule has 4 nitrogen and oxygen atoms in total. The van der Waals surface area contributed by atoms with Gasteiger partial charge in [-0.05, 0) is 34.5 Å². The lowest BCUT2D eigenvalue weighted by molar-refractivity contribution is 1.03. The van der Waals surface area contributed by atoms with Crippen molar-refractivity contribution in [1.29, 1.82) is 0 Å². The number of pyridine rings is 1. The summed E-state index contributed by atoms with van der Waals surface area (Å²) in [5.74, 6) is 0.733. The third-order valence-corrected chi connectivity index (χ3v) is 3.46. The first kappa shape index (κ1) is 11.3. The van der Waals surface area contributed by atoms with Crippen molar-refractivity contribution < 1.29 is 0 Å². The average Bonchev–Trinajstić information content (AvgIpc) is 2.81. The van der Waals surface area contributed by atoms with E-state index in [-0.39, 0.29) is 0 Å². The third kappa shape index (κ3) is 1.80. The van der Waals surface area contributed by atoms with Crippen LogP contribution in [-0.4, -0.2) is 19.9 Å². The van der Waals surface area contributed by atoms with Crippen LogP contribution in [0.2, 0.25) is 0 Å². The van der Waals surface area contributed by atoms with Crippen LogP contribution in [0, 0.1) is 0 Å². The van der Waals surface area contributed by atoms with Gasteiger partial charge in [0.05, 0.1) is 11.1 Å². The molecule has 3 rings (SSSR count). The fraction of sp³-hybridized carbons (Fsp3) is 0.154. The molecule has 1 N–H and O–H groups in total. The van der Waals surface area contributed by atoms with E-state index in [0.717, 1.165) is 39.0 Å². The predicted molar refractivity (Wildman–Crippen MR) is 74.2 cm³/mol. The van der Waals surface area contributed by atoms with Crippen LogP contribution in [0.25, 0.3) is 22.4 Å². The molecule has 0 aliphatic carbocycles. The molecule has 0 radical (unpaired) electrons. The van der Waals surface area contributed by atoms with Crippen LogP contribution in [-0.2, 0) is 6.42 Å². The molecule has 0 atom stereocenters. The number of aryl methyl sites for hydroxylation is 1. The smallest absolute Gasteiger partial charge is 0.161 e. The van der Waals surface area contributed by atoms with Gasteiger partial charge >= 0.3 is 0 Å². The molecule has 0 aliphatic heterocycles. The molecular weight excluding hydrogens is 292 g/mol. The Hall–Kier alpha value is -1.75. The van der Waals surface area contributed by atoms with E-state index < -0.39 is 0 Å². The monoisotopic (exact) mass is 302 g/mol. The highest BCUT2D eigenvalue weighted by molar-refractivity contribution is 9.10. The van der Waals surface area contributed by atoms with Gasteiger partial charge in [-0.1, -0.05) is 6.92 Å². The summed E-state index contributed by atoms with van der Waals surface area (Å²) >= 11 is 3.52. The van der Waals surface area contributed by atoms with Gasteiger partial charge in [0.2, 0.25) is 0 Å². The second-order valence-electron chi connectivity index (χ2n) is 3.94. The minimum Gasteiger partial charge on any atom is -0.345 e. The Kier molecular flexibility index (Phi) is 2.83. The van der Waals surface area contributed by atoms with Crippen molar-refractivity contribution in [2.75, 3.05) is 0 Å². The molecule has 3 heterocycles.